The Morgan fingerprint density at radius 3 is 2.14 bits per heavy atom. The molecule has 0 aliphatic carbocycles. The Morgan fingerprint density at radius 2 is 1.57 bits per heavy atom. The number of fused-ring (bicyclic) bond motifs is 1. The Hall–Kier alpha value is -2.23. The van der Waals surface area contributed by atoms with Gasteiger partial charge in [-0.25, -0.2) is 9.97 Å². The van der Waals surface area contributed by atoms with E-state index in [2.05, 4.69) is 71.5 Å². The van der Waals surface area contributed by atoms with Crippen LogP contribution >= 0.6 is 0 Å². The molecule has 0 aliphatic rings. The number of aromatic nitrogens is 4. The molecule has 0 bridgehead atoms. The first-order valence-corrected chi connectivity index (χ1v) is 10.8. The van der Waals surface area contributed by atoms with Gasteiger partial charge in [-0.15, -0.1) is 0 Å². The molecule has 28 heavy (non-hydrogen) atoms. The van der Waals surface area contributed by atoms with Gasteiger partial charge in [-0.05, 0) is 49.7 Å². The van der Waals surface area contributed by atoms with Crippen LogP contribution in [0.5, 0.6) is 0 Å². The number of nitrogens with zero attached hydrogens (tertiary/aromatic N) is 4. The second-order valence-corrected chi connectivity index (χ2v) is 7.99. The highest BCUT2D eigenvalue weighted by Crippen LogP contribution is 2.33. The summed E-state index contributed by atoms with van der Waals surface area (Å²) in [5, 5.41) is 0. The first kappa shape index (κ1) is 20.5. The molecule has 4 nitrogen and oxygen atoms in total. The van der Waals surface area contributed by atoms with Gasteiger partial charge < -0.3 is 4.57 Å². The molecule has 0 N–H and O–H groups in total. The zero-order valence-electron chi connectivity index (χ0n) is 18.5. The molecule has 0 radical (unpaired) electrons. The fourth-order valence-corrected chi connectivity index (χ4v) is 4.05. The van der Waals surface area contributed by atoms with E-state index in [9.17, 15) is 0 Å². The van der Waals surface area contributed by atoms with Crippen LogP contribution < -0.4 is 0 Å². The Kier molecular flexibility index (Phi) is 6.17. The molecule has 0 aliphatic heterocycles. The van der Waals surface area contributed by atoms with E-state index in [1.54, 1.807) is 0 Å². The largest absolute Gasteiger partial charge is 0.334 e. The van der Waals surface area contributed by atoms with Gasteiger partial charge in [0.1, 0.15) is 5.52 Å². The lowest BCUT2D eigenvalue weighted by Gasteiger charge is -2.15. The van der Waals surface area contributed by atoms with Crippen LogP contribution in [0.4, 0.5) is 0 Å². The minimum atomic E-state index is 0.425. The molecule has 3 aromatic rings. The number of hydrogen-bond donors (Lipinski definition) is 0. The Morgan fingerprint density at radius 1 is 0.893 bits per heavy atom. The van der Waals surface area contributed by atoms with E-state index in [1.165, 1.54) is 5.56 Å². The van der Waals surface area contributed by atoms with Crippen molar-refractivity contribution in [2.24, 2.45) is 7.05 Å². The predicted molar refractivity (Wildman–Crippen MR) is 118 cm³/mol. The highest BCUT2D eigenvalue weighted by Gasteiger charge is 2.21. The van der Waals surface area contributed by atoms with Crippen molar-refractivity contribution in [2.45, 2.75) is 79.1 Å². The molecule has 0 amide bonds. The van der Waals surface area contributed by atoms with Crippen molar-refractivity contribution < 1.29 is 0 Å². The molecule has 150 valence electrons. The van der Waals surface area contributed by atoms with Crippen molar-refractivity contribution in [2.75, 3.05) is 0 Å². The van der Waals surface area contributed by atoms with E-state index in [-0.39, 0.29) is 0 Å². The van der Waals surface area contributed by atoms with Gasteiger partial charge in [0.2, 0.25) is 0 Å². The van der Waals surface area contributed by atoms with Crippen molar-refractivity contribution in [3.63, 3.8) is 0 Å². The van der Waals surface area contributed by atoms with Crippen LogP contribution in [0.25, 0.3) is 22.4 Å². The van der Waals surface area contributed by atoms with Gasteiger partial charge in [-0.3, -0.25) is 4.98 Å². The number of aryl methyl sites for hydroxylation is 3. The van der Waals surface area contributed by atoms with Gasteiger partial charge in [-0.2, -0.15) is 0 Å². The molecular formula is C24H34N4. The SMILES string of the molecule is CCc1nc(C(C)C)ccc1-c1nc2c(nc1CC)c(C(CC)CC)cn2C. The topological polar surface area (TPSA) is 43.6 Å². The Balaban J connectivity index is 2.24. The van der Waals surface area contributed by atoms with Gasteiger partial charge in [0.25, 0.3) is 0 Å². The summed E-state index contributed by atoms with van der Waals surface area (Å²) in [6.07, 6.45) is 6.24. The zero-order chi connectivity index (χ0) is 20.4. The van der Waals surface area contributed by atoms with E-state index in [1.807, 2.05) is 0 Å². The lowest BCUT2D eigenvalue weighted by molar-refractivity contribution is 0.643. The molecule has 3 heterocycles. The van der Waals surface area contributed by atoms with Crippen LogP contribution in [0, 0.1) is 0 Å². The van der Waals surface area contributed by atoms with Crippen molar-refractivity contribution in [3.8, 4) is 11.3 Å². The van der Waals surface area contributed by atoms with Crippen molar-refractivity contribution in [3.05, 3.63) is 41.0 Å². The van der Waals surface area contributed by atoms with Crippen LogP contribution in [0.2, 0.25) is 0 Å². The average Bonchev–Trinajstić information content (AvgIpc) is 3.03. The van der Waals surface area contributed by atoms with Gasteiger partial charge >= 0.3 is 0 Å². The molecule has 0 saturated heterocycles. The fraction of sp³-hybridized carbons (Fsp3) is 0.542. The molecule has 0 aromatic carbocycles. The van der Waals surface area contributed by atoms with Crippen LogP contribution in [0.15, 0.2) is 18.3 Å². The highest BCUT2D eigenvalue weighted by atomic mass is 15.0. The third kappa shape index (κ3) is 3.57. The highest BCUT2D eigenvalue weighted by molar-refractivity contribution is 5.80. The van der Waals surface area contributed by atoms with Crippen molar-refractivity contribution in [1.82, 2.24) is 19.5 Å². The quantitative estimate of drug-likeness (QED) is 0.493. The zero-order valence-corrected chi connectivity index (χ0v) is 18.5. The van der Waals surface area contributed by atoms with Crippen molar-refractivity contribution >= 4 is 11.2 Å². The third-order valence-electron chi connectivity index (χ3n) is 5.83. The molecule has 0 unspecified atom stereocenters. The van der Waals surface area contributed by atoms with E-state index in [0.717, 1.165) is 65.2 Å². The minimum absolute atomic E-state index is 0.425. The first-order chi connectivity index (χ1) is 13.4. The maximum atomic E-state index is 5.13. The monoisotopic (exact) mass is 378 g/mol. The molecular weight excluding hydrogens is 344 g/mol. The molecule has 3 aromatic heterocycles. The summed E-state index contributed by atoms with van der Waals surface area (Å²) < 4.78 is 2.14. The first-order valence-electron chi connectivity index (χ1n) is 10.8. The molecule has 0 atom stereocenters. The standard InChI is InChI=1S/C24H34N4/c1-8-16(9-2)18-14-28(7)24-23(18)26-20(11-4)22(27-24)17-12-13-21(15(5)6)25-19(17)10-3/h12-16H,8-11H2,1-7H3. The molecule has 3 rings (SSSR count). The lowest BCUT2D eigenvalue weighted by Crippen LogP contribution is -2.05. The van der Waals surface area contributed by atoms with Crippen LogP contribution in [-0.2, 0) is 19.9 Å². The lowest BCUT2D eigenvalue weighted by atomic mass is 9.95. The normalized spacial score (nSPS) is 11.9. The predicted octanol–water partition coefficient (Wildman–Crippen LogP) is 6.18. The smallest absolute Gasteiger partial charge is 0.159 e. The van der Waals surface area contributed by atoms with E-state index in [4.69, 9.17) is 15.0 Å². The summed E-state index contributed by atoms with van der Waals surface area (Å²) >= 11 is 0. The number of rotatable bonds is 7. The molecule has 0 fully saturated rings. The fourth-order valence-electron chi connectivity index (χ4n) is 4.05. The third-order valence-corrected chi connectivity index (χ3v) is 5.83. The molecule has 4 heteroatoms. The second kappa shape index (κ2) is 8.42. The van der Waals surface area contributed by atoms with Crippen LogP contribution in [0.1, 0.15) is 88.9 Å². The van der Waals surface area contributed by atoms with E-state index < -0.39 is 0 Å². The maximum absolute atomic E-state index is 5.13. The van der Waals surface area contributed by atoms with Gasteiger partial charge in [0.05, 0.1) is 11.4 Å². The Bertz CT molecular complexity index is 964. The number of hydrogen-bond acceptors (Lipinski definition) is 3. The Labute approximate surface area is 169 Å². The summed E-state index contributed by atoms with van der Waals surface area (Å²) in [6.45, 7) is 13.2. The summed E-state index contributed by atoms with van der Waals surface area (Å²) in [6, 6.07) is 4.34. The summed E-state index contributed by atoms with van der Waals surface area (Å²) in [4.78, 5) is 15.2. The van der Waals surface area contributed by atoms with Crippen LogP contribution in [-0.4, -0.2) is 19.5 Å². The van der Waals surface area contributed by atoms with Gasteiger partial charge in [-0.1, -0.05) is 41.5 Å². The van der Waals surface area contributed by atoms with E-state index >= 15 is 0 Å². The van der Waals surface area contributed by atoms with Crippen molar-refractivity contribution in [1.29, 1.82) is 0 Å². The van der Waals surface area contributed by atoms with Gasteiger partial charge in [0.15, 0.2) is 5.65 Å². The average molecular weight is 379 g/mol. The van der Waals surface area contributed by atoms with Gasteiger partial charge in [0, 0.05) is 35.8 Å². The van der Waals surface area contributed by atoms with E-state index in [0.29, 0.717) is 11.8 Å². The maximum Gasteiger partial charge on any atom is 0.159 e. The number of pyridine rings is 1. The summed E-state index contributed by atoms with van der Waals surface area (Å²) in [5.41, 5.74) is 8.83. The minimum Gasteiger partial charge on any atom is -0.334 e. The molecule has 0 saturated carbocycles. The second-order valence-electron chi connectivity index (χ2n) is 7.99. The van der Waals surface area contributed by atoms with Crippen LogP contribution in [0.3, 0.4) is 0 Å². The summed E-state index contributed by atoms with van der Waals surface area (Å²) in [5.74, 6) is 0.959. The molecule has 0 spiro atoms. The summed E-state index contributed by atoms with van der Waals surface area (Å²) in [7, 11) is 2.08.